The van der Waals surface area contributed by atoms with Crippen molar-refractivity contribution in [2.24, 2.45) is 4.99 Å². The smallest absolute Gasteiger partial charge is 0.213 e. The molecular weight excluding hydrogens is 433 g/mol. The lowest BCUT2D eigenvalue weighted by Gasteiger charge is -2.32. The van der Waals surface area contributed by atoms with Crippen molar-refractivity contribution in [3.8, 4) is 5.88 Å². The maximum atomic E-state index is 5.45. The van der Waals surface area contributed by atoms with Gasteiger partial charge in [0.2, 0.25) is 5.88 Å². The minimum absolute atomic E-state index is 0. The quantitative estimate of drug-likeness (QED) is 0.413. The molecule has 2 fully saturated rings. The number of hydrogen-bond donors (Lipinski definition) is 1. The number of morpholine rings is 1. The average molecular weight is 461 g/mol. The number of rotatable bonds is 4. The molecule has 25 heavy (non-hydrogen) atoms. The molecule has 1 aromatic rings. The molecular formula is C17H28IN5O2. The zero-order valence-corrected chi connectivity index (χ0v) is 17.3. The van der Waals surface area contributed by atoms with Crippen LogP contribution in [0.3, 0.4) is 0 Å². The molecule has 2 aliphatic rings. The highest BCUT2D eigenvalue weighted by Gasteiger charge is 2.30. The molecule has 0 radical (unpaired) electrons. The van der Waals surface area contributed by atoms with Crippen molar-refractivity contribution in [1.29, 1.82) is 0 Å². The Morgan fingerprint density at radius 2 is 2.16 bits per heavy atom. The van der Waals surface area contributed by atoms with Crippen LogP contribution in [0, 0.1) is 0 Å². The highest BCUT2D eigenvalue weighted by molar-refractivity contribution is 14.0. The van der Waals surface area contributed by atoms with Crippen molar-refractivity contribution in [3.63, 3.8) is 0 Å². The number of nitrogens with one attached hydrogen (secondary N) is 1. The number of nitrogens with zero attached hydrogens (tertiary/aromatic N) is 4. The molecule has 0 bridgehead atoms. The van der Waals surface area contributed by atoms with Crippen LogP contribution in [0.2, 0.25) is 0 Å². The van der Waals surface area contributed by atoms with E-state index in [0.29, 0.717) is 18.5 Å². The number of pyridine rings is 1. The molecule has 3 rings (SSSR count). The van der Waals surface area contributed by atoms with Gasteiger partial charge in [0.1, 0.15) is 0 Å². The largest absolute Gasteiger partial charge is 0.481 e. The van der Waals surface area contributed by atoms with Gasteiger partial charge in [0.25, 0.3) is 0 Å². The van der Waals surface area contributed by atoms with E-state index in [4.69, 9.17) is 9.47 Å². The lowest BCUT2D eigenvalue weighted by atomic mass is 10.2. The van der Waals surface area contributed by atoms with Crippen molar-refractivity contribution in [2.75, 3.05) is 53.6 Å². The topological polar surface area (TPSA) is 62.2 Å². The summed E-state index contributed by atoms with van der Waals surface area (Å²) in [5, 5.41) is 3.42. The molecule has 8 heteroatoms. The first kappa shape index (κ1) is 20.2. The van der Waals surface area contributed by atoms with E-state index in [2.05, 4.69) is 25.1 Å². The molecule has 1 aromatic heterocycles. The van der Waals surface area contributed by atoms with Gasteiger partial charge in [0.05, 0.1) is 32.6 Å². The molecule has 1 N–H and O–H groups in total. The first-order valence-corrected chi connectivity index (χ1v) is 8.57. The zero-order valence-electron chi connectivity index (χ0n) is 15.0. The average Bonchev–Trinajstić information content (AvgIpc) is 3.13. The Morgan fingerprint density at radius 3 is 2.88 bits per heavy atom. The molecule has 1 atom stereocenters. The Balaban J connectivity index is 0.00000225. The molecule has 0 aromatic carbocycles. The van der Waals surface area contributed by atoms with Crippen LogP contribution in [-0.4, -0.2) is 80.3 Å². The normalized spacial score (nSPS) is 21.8. The van der Waals surface area contributed by atoms with Gasteiger partial charge in [-0.25, -0.2) is 4.98 Å². The number of hydrogen-bond acceptors (Lipinski definition) is 5. The highest BCUT2D eigenvalue weighted by Crippen LogP contribution is 2.17. The Hall–Kier alpha value is -1.13. The summed E-state index contributed by atoms with van der Waals surface area (Å²) in [5.74, 6) is 1.58. The van der Waals surface area contributed by atoms with Gasteiger partial charge >= 0.3 is 0 Å². The third-order valence-electron chi connectivity index (χ3n) is 4.65. The van der Waals surface area contributed by atoms with Gasteiger partial charge in [0.15, 0.2) is 5.96 Å². The van der Waals surface area contributed by atoms with Crippen LogP contribution in [0.25, 0.3) is 0 Å². The van der Waals surface area contributed by atoms with Crippen molar-refractivity contribution >= 4 is 29.9 Å². The first-order chi connectivity index (χ1) is 11.8. The molecule has 140 valence electrons. The standard InChI is InChI=1S/C17H27N5O2.HI/c1-18-17(19-12-14-4-3-5-16(20-14)23-2)22-7-6-15(13-22)21-8-10-24-11-9-21;/h3-5,15H,6-13H2,1-2H3,(H,18,19);1H. The predicted molar refractivity (Wildman–Crippen MR) is 109 cm³/mol. The molecule has 1 unspecified atom stereocenters. The van der Waals surface area contributed by atoms with Crippen LogP contribution in [0.4, 0.5) is 0 Å². The SMILES string of the molecule is CN=C(NCc1cccc(OC)n1)N1CCC(N2CCOCC2)C1.I. The molecule has 0 amide bonds. The van der Waals surface area contributed by atoms with Gasteiger partial charge in [-0.15, -0.1) is 24.0 Å². The van der Waals surface area contributed by atoms with Gasteiger partial charge in [-0.2, -0.15) is 0 Å². The monoisotopic (exact) mass is 461 g/mol. The van der Waals surface area contributed by atoms with Crippen molar-refractivity contribution in [2.45, 2.75) is 19.0 Å². The number of guanidine groups is 1. The molecule has 2 aliphatic heterocycles. The second kappa shape index (κ2) is 10.1. The third kappa shape index (κ3) is 5.42. The van der Waals surface area contributed by atoms with Crippen LogP contribution in [0.5, 0.6) is 5.88 Å². The number of halogens is 1. The fourth-order valence-electron chi connectivity index (χ4n) is 3.35. The third-order valence-corrected chi connectivity index (χ3v) is 4.65. The van der Waals surface area contributed by atoms with Gasteiger partial charge in [0, 0.05) is 45.3 Å². The molecule has 0 aliphatic carbocycles. The fraction of sp³-hybridized carbons (Fsp3) is 0.647. The molecule has 3 heterocycles. The van der Waals surface area contributed by atoms with E-state index in [1.54, 1.807) is 7.11 Å². The van der Waals surface area contributed by atoms with Gasteiger partial charge in [-0.05, 0) is 12.5 Å². The van der Waals surface area contributed by atoms with E-state index in [9.17, 15) is 0 Å². The van der Waals surface area contributed by atoms with Crippen LogP contribution in [-0.2, 0) is 11.3 Å². The molecule has 0 spiro atoms. The van der Waals surface area contributed by atoms with Crippen molar-refractivity contribution < 1.29 is 9.47 Å². The minimum atomic E-state index is 0. The fourth-order valence-corrected chi connectivity index (χ4v) is 3.35. The van der Waals surface area contributed by atoms with Crippen LogP contribution in [0.1, 0.15) is 12.1 Å². The van der Waals surface area contributed by atoms with E-state index >= 15 is 0 Å². The number of ether oxygens (including phenoxy) is 2. The summed E-state index contributed by atoms with van der Waals surface area (Å²) in [4.78, 5) is 13.7. The molecule has 7 nitrogen and oxygen atoms in total. The summed E-state index contributed by atoms with van der Waals surface area (Å²) in [5.41, 5.74) is 0.944. The second-order valence-corrected chi connectivity index (χ2v) is 6.11. The van der Waals surface area contributed by atoms with Crippen LogP contribution < -0.4 is 10.1 Å². The number of aromatic nitrogens is 1. The Bertz CT molecular complexity index is 566. The Morgan fingerprint density at radius 1 is 1.36 bits per heavy atom. The minimum Gasteiger partial charge on any atom is -0.481 e. The van der Waals surface area contributed by atoms with Crippen LogP contribution in [0.15, 0.2) is 23.2 Å². The Labute approximate surface area is 166 Å². The summed E-state index contributed by atoms with van der Waals surface area (Å²) >= 11 is 0. The number of likely N-dealkylation sites (tertiary alicyclic amines) is 1. The number of methoxy groups -OCH3 is 1. The van der Waals surface area contributed by atoms with Crippen molar-refractivity contribution in [1.82, 2.24) is 20.1 Å². The Kier molecular flexibility index (Phi) is 8.17. The van der Waals surface area contributed by atoms with Crippen molar-refractivity contribution in [3.05, 3.63) is 23.9 Å². The zero-order chi connectivity index (χ0) is 16.8. The predicted octanol–water partition coefficient (Wildman–Crippen LogP) is 1.19. The molecule has 2 saturated heterocycles. The summed E-state index contributed by atoms with van der Waals surface area (Å²) in [6.45, 7) is 6.48. The van der Waals surface area contributed by atoms with Gasteiger partial charge in [-0.3, -0.25) is 9.89 Å². The summed E-state index contributed by atoms with van der Waals surface area (Å²) in [7, 11) is 3.47. The first-order valence-electron chi connectivity index (χ1n) is 8.57. The number of aliphatic imine (C=N–C) groups is 1. The van der Waals surface area contributed by atoms with E-state index in [1.165, 1.54) is 6.42 Å². The summed E-state index contributed by atoms with van der Waals surface area (Å²) in [6.07, 6.45) is 1.18. The molecule has 0 saturated carbocycles. The highest BCUT2D eigenvalue weighted by atomic mass is 127. The van der Waals surface area contributed by atoms with Gasteiger partial charge < -0.3 is 19.7 Å². The second-order valence-electron chi connectivity index (χ2n) is 6.11. The lowest BCUT2D eigenvalue weighted by molar-refractivity contribution is 0.0195. The van der Waals surface area contributed by atoms with E-state index in [-0.39, 0.29) is 24.0 Å². The van der Waals surface area contributed by atoms with Crippen LogP contribution >= 0.6 is 24.0 Å². The van der Waals surface area contributed by atoms with Gasteiger partial charge in [-0.1, -0.05) is 6.07 Å². The summed E-state index contributed by atoms with van der Waals surface area (Å²) in [6, 6.07) is 6.40. The lowest BCUT2D eigenvalue weighted by Crippen LogP contribution is -2.46. The maximum absolute atomic E-state index is 5.45. The summed E-state index contributed by atoms with van der Waals surface area (Å²) < 4.78 is 10.6. The van der Waals surface area contributed by atoms with E-state index in [0.717, 1.165) is 51.0 Å². The van der Waals surface area contributed by atoms with E-state index < -0.39 is 0 Å². The maximum Gasteiger partial charge on any atom is 0.213 e. The van der Waals surface area contributed by atoms with E-state index in [1.807, 2.05) is 25.2 Å².